The highest BCUT2D eigenvalue weighted by Gasteiger charge is 2.00. The molecule has 0 fully saturated rings. The lowest BCUT2D eigenvalue weighted by Gasteiger charge is -2.08. The molecular weight excluding hydrogens is 245 g/mol. The number of hydrogen-bond donors (Lipinski definition) is 1. The molecule has 0 unspecified atom stereocenters. The van der Waals surface area contributed by atoms with E-state index < -0.39 is 0 Å². The van der Waals surface area contributed by atoms with Crippen LogP contribution in [0.25, 0.3) is 0 Å². The lowest BCUT2D eigenvalue weighted by atomic mass is 10.3. The van der Waals surface area contributed by atoms with E-state index in [0.29, 0.717) is 10.0 Å². The quantitative estimate of drug-likeness (QED) is 0.909. The number of anilines is 1. The Bertz CT molecular complexity index is 454. The van der Waals surface area contributed by atoms with Gasteiger partial charge in [0.2, 0.25) is 0 Å². The van der Waals surface area contributed by atoms with E-state index in [-0.39, 0.29) is 0 Å². The fourth-order valence-corrected chi connectivity index (χ4v) is 1.73. The smallest absolute Gasteiger partial charge is 0.0638 e. The first-order valence-electron chi connectivity index (χ1n) is 4.92. The third-order valence-electron chi connectivity index (χ3n) is 2.14. The van der Waals surface area contributed by atoms with Crippen LogP contribution in [0.5, 0.6) is 0 Å². The second-order valence-electron chi connectivity index (χ2n) is 3.32. The summed E-state index contributed by atoms with van der Waals surface area (Å²) in [6.07, 6.45) is 3.67. The maximum atomic E-state index is 6.01. The van der Waals surface area contributed by atoms with E-state index in [1.165, 1.54) is 0 Å². The number of aromatic nitrogens is 2. The van der Waals surface area contributed by atoms with Gasteiger partial charge in [0, 0.05) is 24.0 Å². The third kappa shape index (κ3) is 2.90. The van der Waals surface area contributed by atoms with Crippen LogP contribution in [0, 0.1) is 0 Å². The summed E-state index contributed by atoms with van der Waals surface area (Å²) in [5, 5.41) is 8.66. The first-order valence-corrected chi connectivity index (χ1v) is 5.67. The van der Waals surface area contributed by atoms with Crippen LogP contribution in [0.15, 0.2) is 36.7 Å². The second kappa shape index (κ2) is 5.23. The number of nitrogens with one attached hydrogen (secondary N) is 1. The molecule has 16 heavy (non-hydrogen) atoms. The molecular formula is C11H11Cl2N3. The van der Waals surface area contributed by atoms with Gasteiger partial charge in [0.05, 0.1) is 17.3 Å². The molecule has 0 saturated heterocycles. The van der Waals surface area contributed by atoms with Gasteiger partial charge in [0.15, 0.2) is 0 Å². The van der Waals surface area contributed by atoms with Crippen LogP contribution in [-0.4, -0.2) is 16.3 Å². The molecule has 1 aromatic carbocycles. The van der Waals surface area contributed by atoms with Gasteiger partial charge in [-0.25, -0.2) is 0 Å². The first kappa shape index (κ1) is 11.3. The van der Waals surface area contributed by atoms with Crippen LogP contribution < -0.4 is 5.32 Å². The molecule has 2 aromatic rings. The van der Waals surface area contributed by atoms with Crippen molar-refractivity contribution in [3.8, 4) is 0 Å². The summed E-state index contributed by atoms with van der Waals surface area (Å²) >= 11 is 11.9. The van der Waals surface area contributed by atoms with E-state index in [1.807, 2.05) is 23.0 Å². The number of rotatable bonds is 4. The Kier molecular flexibility index (Phi) is 3.70. The summed E-state index contributed by atoms with van der Waals surface area (Å²) < 4.78 is 1.85. The van der Waals surface area contributed by atoms with E-state index in [2.05, 4.69) is 10.4 Å². The molecule has 1 heterocycles. The van der Waals surface area contributed by atoms with Crippen LogP contribution in [0.1, 0.15) is 0 Å². The number of hydrogen-bond acceptors (Lipinski definition) is 2. The normalized spacial score (nSPS) is 10.4. The van der Waals surface area contributed by atoms with Gasteiger partial charge < -0.3 is 5.32 Å². The largest absolute Gasteiger partial charge is 0.382 e. The van der Waals surface area contributed by atoms with Crippen molar-refractivity contribution in [1.29, 1.82) is 0 Å². The lowest BCUT2D eigenvalue weighted by Crippen LogP contribution is -2.10. The van der Waals surface area contributed by atoms with E-state index in [1.54, 1.807) is 18.3 Å². The highest BCUT2D eigenvalue weighted by Crippen LogP contribution is 2.25. The molecule has 0 aliphatic heterocycles. The Balaban J connectivity index is 1.92. The zero-order valence-electron chi connectivity index (χ0n) is 8.53. The predicted octanol–water partition coefficient (Wildman–Crippen LogP) is 3.30. The van der Waals surface area contributed by atoms with Crippen LogP contribution in [0.3, 0.4) is 0 Å². The minimum atomic E-state index is 0.671. The monoisotopic (exact) mass is 255 g/mol. The van der Waals surface area contributed by atoms with Crippen LogP contribution in [0.2, 0.25) is 10.0 Å². The van der Waals surface area contributed by atoms with Crippen LogP contribution >= 0.6 is 23.2 Å². The van der Waals surface area contributed by atoms with Gasteiger partial charge in [-0.2, -0.15) is 5.10 Å². The average molecular weight is 256 g/mol. The minimum Gasteiger partial charge on any atom is -0.382 e. The molecule has 0 spiro atoms. The number of halogens is 2. The Labute approximate surface area is 104 Å². The molecule has 84 valence electrons. The fourth-order valence-electron chi connectivity index (χ4n) is 1.37. The maximum absolute atomic E-state index is 6.01. The topological polar surface area (TPSA) is 29.9 Å². The summed E-state index contributed by atoms with van der Waals surface area (Å²) in [5.74, 6) is 0. The molecule has 1 aromatic heterocycles. The van der Waals surface area contributed by atoms with Gasteiger partial charge in [-0.05, 0) is 24.3 Å². The van der Waals surface area contributed by atoms with E-state index in [9.17, 15) is 0 Å². The zero-order valence-corrected chi connectivity index (χ0v) is 10.0. The van der Waals surface area contributed by atoms with Crippen molar-refractivity contribution >= 4 is 28.9 Å². The van der Waals surface area contributed by atoms with Crippen molar-refractivity contribution in [2.24, 2.45) is 0 Å². The van der Waals surface area contributed by atoms with Gasteiger partial charge in [0.1, 0.15) is 0 Å². The molecule has 3 nitrogen and oxygen atoms in total. The highest BCUT2D eigenvalue weighted by atomic mass is 35.5. The van der Waals surface area contributed by atoms with Gasteiger partial charge in [-0.3, -0.25) is 4.68 Å². The van der Waals surface area contributed by atoms with E-state index >= 15 is 0 Å². The lowest BCUT2D eigenvalue weighted by molar-refractivity contribution is 0.638. The van der Waals surface area contributed by atoms with E-state index in [0.717, 1.165) is 18.8 Å². The number of nitrogens with zero attached hydrogens (tertiary/aromatic N) is 2. The minimum absolute atomic E-state index is 0.671. The molecule has 0 aliphatic carbocycles. The Hall–Kier alpha value is -1.19. The SMILES string of the molecule is Clc1ccc(Cl)c(NCCn2cccn2)c1. The summed E-state index contributed by atoms with van der Waals surface area (Å²) in [5.41, 5.74) is 0.848. The second-order valence-corrected chi connectivity index (χ2v) is 4.16. The third-order valence-corrected chi connectivity index (χ3v) is 2.71. The molecule has 0 aliphatic rings. The molecule has 0 saturated carbocycles. The van der Waals surface area contributed by atoms with Crippen molar-refractivity contribution < 1.29 is 0 Å². The Morgan fingerprint density at radius 1 is 1.31 bits per heavy atom. The molecule has 5 heteroatoms. The standard InChI is InChI=1S/C11H11Cl2N3/c12-9-2-3-10(13)11(8-9)14-5-7-16-6-1-4-15-16/h1-4,6,8,14H,5,7H2. The Morgan fingerprint density at radius 2 is 2.19 bits per heavy atom. The zero-order chi connectivity index (χ0) is 11.4. The van der Waals surface area contributed by atoms with Gasteiger partial charge >= 0.3 is 0 Å². The predicted molar refractivity (Wildman–Crippen MR) is 67.2 cm³/mol. The Morgan fingerprint density at radius 3 is 2.94 bits per heavy atom. The van der Waals surface area contributed by atoms with Gasteiger partial charge in [-0.1, -0.05) is 23.2 Å². The maximum Gasteiger partial charge on any atom is 0.0638 e. The highest BCUT2D eigenvalue weighted by molar-refractivity contribution is 6.35. The molecule has 0 atom stereocenters. The first-order chi connectivity index (χ1) is 7.75. The van der Waals surface area contributed by atoms with Gasteiger partial charge in [-0.15, -0.1) is 0 Å². The fraction of sp³-hybridized carbons (Fsp3) is 0.182. The summed E-state index contributed by atoms with van der Waals surface area (Å²) in [6.45, 7) is 1.54. The van der Waals surface area contributed by atoms with Crippen molar-refractivity contribution in [3.05, 3.63) is 46.7 Å². The molecule has 1 N–H and O–H groups in total. The molecule has 2 rings (SSSR count). The molecule has 0 bridgehead atoms. The van der Waals surface area contributed by atoms with E-state index in [4.69, 9.17) is 23.2 Å². The van der Waals surface area contributed by atoms with Crippen molar-refractivity contribution in [3.63, 3.8) is 0 Å². The van der Waals surface area contributed by atoms with Crippen molar-refractivity contribution in [2.75, 3.05) is 11.9 Å². The molecule has 0 amide bonds. The average Bonchev–Trinajstić information content (AvgIpc) is 2.76. The summed E-state index contributed by atoms with van der Waals surface area (Å²) in [4.78, 5) is 0. The number of benzene rings is 1. The van der Waals surface area contributed by atoms with Crippen LogP contribution in [-0.2, 0) is 6.54 Å². The van der Waals surface area contributed by atoms with Crippen molar-refractivity contribution in [1.82, 2.24) is 9.78 Å². The van der Waals surface area contributed by atoms with Crippen LogP contribution in [0.4, 0.5) is 5.69 Å². The van der Waals surface area contributed by atoms with Crippen molar-refractivity contribution in [2.45, 2.75) is 6.54 Å². The summed E-state index contributed by atoms with van der Waals surface area (Å²) in [7, 11) is 0. The van der Waals surface area contributed by atoms with Gasteiger partial charge in [0.25, 0.3) is 0 Å². The molecule has 0 radical (unpaired) electrons. The summed E-state index contributed by atoms with van der Waals surface area (Å²) in [6, 6.07) is 7.25.